The van der Waals surface area contributed by atoms with Crippen LogP contribution in [0.1, 0.15) is 15.9 Å². The van der Waals surface area contributed by atoms with Crippen molar-refractivity contribution in [1.29, 1.82) is 0 Å². The van der Waals surface area contributed by atoms with Crippen LogP contribution in [0.15, 0.2) is 46.4 Å². The van der Waals surface area contributed by atoms with E-state index in [0.29, 0.717) is 4.54 Å². The SMILES string of the molecule is O=C1[C]2=C(C=C[C](O)=[Ge]2)Cc2ccccc21. The van der Waals surface area contributed by atoms with E-state index in [2.05, 4.69) is 0 Å². The van der Waals surface area contributed by atoms with Crippen molar-refractivity contribution in [3.8, 4) is 0 Å². The van der Waals surface area contributed by atoms with Crippen LogP contribution in [0.4, 0.5) is 0 Å². The Bertz CT molecular complexity index is 579. The summed E-state index contributed by atoms with van der Waals surface area (Å²) in [6, 6.07) is 7.74. The first-order chi connectivity index (χ1) is 7.75. The monoisotopic (exact) mass is 271 g/mol. The molecule has 2 nitrogen and oxygen atoms in total. The van der Waals surface area contributed by atoms with Crippen LogP contribution in [0, 0.1) is 0 Å². The van der Waals surface area contributed by atoms with Crippen LogP contribution in [0.5, 0.6) is 0 Å². The molecular weight excluding hydrogens is 261 g/mol. The summed E-state index contributed by atoms with van der Waals surface area (Å²) < 4.78 is 1.27. The number of fused-ring (bicyclic) bond motifs is 1. The zero-order chi connectivity index (χ0) is 11.1. The van der Waals surface area contributed by atoms with E-state index >= 15 is 0 Å². The molecule has 1 heterocycles. The second kappa shape index (κ2) is 3.56. The van der Waals surface area contributed by atoms with Gasteiger partial charge in [-0.05, 0) is 0 Å². The van der Waals surface area contributed by atoms with Gasteiger partial charge in [0.05, 0.1) is 0 Å². The van der Waals surface area contributed by atoms with E-state index in [9.17, 15) is 9.90 Å². The average Bonchev–Trinajstić information content (AvgIpc) is 2.31. The fourth-order valence-electron chi connectivity index (χ4n) is 2.10. The molecule has 0 spiro atoms. The minimum atomic E-state index is -0.801. The summed E-state index contributed by atoms with van der Waals surface area (Å²) >= 11 is -0.801. The number of allylic oxidation sites excluding steroid dienone is 3. The number of aliphatic hydroxyl groups is 1. The van der Waals surface area contributed by atoms with Gasteiger partial charge in [0.1, 0.15) is 0 Å². The molecule has 1 aromatic rings. The molecule has 1 aliphatic carbocycles. The van der Waals surface area contributed by atoms with Crippen LogP contribution < -0.4 is 0 Å². The number of carbonyl (C=O) groups is 1. The molecule has 1 radical (unpaired) electrons. The fraction of sp³-hybridized carbons (Fsp3) is 0.0769. The van der Waals surface area contributed by atoms with E-state index in [4.69, 9.17) is 0 Å². The summed E-state index contributed by atoms with van der Waals surface area (Å²) in [5.41, 5.74) is 3.01. The van der Waals surface area contributed by atoms with Crippen LogP contribution in [0.2, 0.25) is 0 Å². The number of aliphatic hydroxyl groups excluding tert-OH is 1. The number of benzene rings is 1. The number of rotatable bonds is 0. The summed E-state index contributed by atoms with van der Waals surface area (Å²) in [6.07, 6.45) is 4.44. The Hall–Kier alpha value is -1.42. The van der Waals surface area contributed by atoms with E-state index in [-0.39, 0.29) is 5.78 Å². The zero-order valence-corrected chi connectivity index (χ0v) is 10.6. The summed E-state index contributed by atoms with van der Waals surface area (Å²) in [5, 5.41) is 9.51. The molecular formula is C13H9GeO2. The van der Waals surface area contributed by atoms with Gasteiger partial charge >= 0.3 is 99.2 Å². The van der Waals surface area contributed by atoms with Crippen molar-refractivity contribution in [2.45, 2.75) is 6.42 Å². The van der Waals surface area contributed by atoms with Crippen molar-refractivity contribution in [3.63, 3.8) is 0 Å². The third-order valence-electron chi connectivity index (χ3n) is 2.89. The summed E-state index contributed by atoms with van der Waals surface area (Å²) in [7, 11) is 0. The van der Waals surface area contributed by atoms with Gasteiger partial charge < -0.3 is 0 Å². The molecule has 3 rings (SSSR count). The molecule has 16 heavy (non-hydrogen) atoms. The molecule has 1 aliphatic heterocycles. The second-order valence-corrected chi connectivity index (χ2v) is 6.56. The molecule has 0 amide bonds. The third kappa shape index (κ3) is 1.41. The van der Waals surface area contributed by atoms with Crippen LogP contribution in [-0.2, 0) is 6.42 Å². The molecule has 0 aromatic heterocycles. The molecule has 3 heteroatoms. The van der Waals surface area contributed by atoms with Gasteiger partial charge in [0, 0.05) is 0 Å². The Morgan fingerprint density at radius 2 is 2.00 bits per heavy atom. The van der Waals surface area contributed by atoms with E-state index in [1.54, 1.807) is 6.08 Å². The molecule has 77 valence electrons. The van der Waals surface area contributed by atoms with Crippen molar-refractivity contribution in [1.82, 2.24) is 0 Å². The number of ketones is 1. The van der Waals surface area contributed by atoms with Crippen molar-refractivity contribution < 1.29 is 9.90 Å². The summed E-state index contributed by atoms with van der Waals surface area (Å²) in [5.74, 6) is 0.118. The van der Waals surface area contributed by atoms with E-state index in [1.807, 2.05) is 30.3 Å². The Balaban J connectivity index is 2.18. The van der Waals surface area contributed by atoms with Gasteiger partial charge in [-0.15, -0.1) is 0 Å². The average molecular weight is 270 g/mol. The topological polar surface area (TPSA) is 37.3 Å². The van der Waals surface area contributed by atoms with Gasteiger partial charge in [-0.2, -0.15) is 0 Å². The number of hydrogen-bond donors (Lipinski definition) is 1. The molecule has 1 aromatic carbocycles. The summed E-state index contributed by atoms with van der Waals surface area (Å²) in [6.45, 7) is 0. The van der Waals surface area contributed by atoms with Gasteiger partial charge in [-0.25, -0.2) is 0 Å². The molecule has 0 fully saturated rings. The second-order valence-electron chi connectivity index (χ2n) is 3.91. The Morgan fingerprint density at radius 1 is 1.19 bits per heavy atom. The zero-order valence-electron chi connectivity index (χ0n) is 8.53. The number of Topliss-reactive ketones (excluding diaryl/α,β-unsaturated/α-hetero) is 1. The van der Waals surface area contributed by atoms with Crippen LogP contribution in [-0.4, -0.2) is 30.4 Å². The van der Waals surface area contributed by atoms with Gasteiger partial charge in [-0.1, -0.05) is 0 Å². The molecule has 0 atom stereocenters. The minimum absolute atomic E-state index is 0.118. The predicted molar refractivity (Wildman–Crippen MR) is 63.3 cm³/mol. The van der Waals surface area contributed by atoms with Gasteiger partial charge in [0.15, 0.2) is 0 Å². The van der Waals surface area contributed by atoms with Crippen molar-refractivity contribution >= 4 is 25.3 Å². The predicted octanol–water partition coefficient (Wildman–Crippen LogP) is 1.46. The quantitative estimate of drug-likeness (QED) is 0.724. The molecule has 0 bridgehead atoms. The van der Waals surface area contributed by atoms with Gasteiger partial charge in [0.25, 0.3) is 0 Å². The van der Waals surface area contributed by atoms with Crippen molar-refractivity contribution in [2.75, 3.05) is 0 Å². The number of carbonyl (C=O) groups excluding carboxylic acids is 1. The first-order valence-electron chi connectivity index (χ1n) is 5.12. The standard InChI is InChI=1S/C13H9GeO2/c15-11-6-5-9-7-8-3-1-2-4-10(8)13(16)12(9)14-11/h1-6,15H,7H2. The molecule has 0 saturated carbocycles. The normalized spacial score (nSPS) is 18.0. The van der Waals surface area contributed by atoms with Gasteiger partial charge in [0.2, 0.25) is 0 Å². The maximum atomic E-state index is 12.2. The molecule has 1 N–H and O–H groups in total. The first-order valence-corrected chi connectivity index (χ1v) is 7.22. The Morgan fingerprint density at radius 3 is 2.88 bits per heavy atom. The maximum absolute atomic E-state index is 12.2. The van der Waals surface area contributed by atoms with E-state index in [0.717, 1.165) is 27.5 Å². The fourth-order valence-corrected chi connectivity index (χ4v) is 4.20. The molecule has 0 saturated heterocycles. The third-order valence-corrected chi connectivity index (χ3v) is 5.45. The van der Waals surface area contributed by atoms with E-state index < -0.39 is 15.0 Å². The van der Waals surface area contributed by atoms with Crippen molar-refractivity contribution in [2.24, 2.45) is 0 Å². The molecule has 2 aliphatic rings. The number of hydrogen-bond acceptors (Lipinski definition) is 2. The molecule has 0 unspecified atom stereocenters. The van der Waals surface area contributed by atoms with Crippen molar-refractivity contribution in [3.05, 3.63) is 57.5 Å². The van der Waals surface area contributed by atoms with Crippen LogP contribution in [0.3, 0.4) is 0 Å². The Labute approximate surface area is 99.3 Å². The first kappa shape index (κ1) is 9.78. The van der Waals surface area contributed by atoms with Crippen LogP contribution >= 0.6 is 0 Å². The van der Waals surface area contributed by atoms with Gasteiger partial charge in [-0.3, -0.25) is 0 Å². The summed E-state index contributed by atoms with van der Waals surface area (Å²) in [4.78, 5) is 12.2. The van der Waals surface area contributed by atoms with E-state index in [1.165, 1.54) is 0 Å². The van der Waals surface area contributed by atoms with Crippen LogP contribution in [0.25, 0.3) is 0 Å². The Kier molecular flexibility index (Phi) is 2.18.